The van der Waals surface area contributed by atoms with Crippen molar-refractivity contribution < 1.29 is 29.7 Å². The highest BCUT2D eigenvalue weighted by Gasteiger charge is 2.29. The van der Waals surface area contributed by atoms with Crippen molar-refractivity contribution in [2.75, 3.05) is 0 Å². The predicted octanol–water partition coefficient (Wildman–Crippen LogP) is 0.393. The summed E-state index contributed by atoms with van der Waals surface area (Å²) in [7, 11) is 0. The normalized spacial score (nSPS) is 15.7. The monoisotopic (exact) mass is 261 g/mol. The van der Waals surface area contributed by atoms with Crippen LogP contribution in [-0.4, -0.2) is 45.3 Å². The highest BCUT2D eigenvalue weighted by molar-refractivity contribution is 5.78. The Labute approximate surface area is 105 Å². The van der Waals surface area contributed by atoms with Crippen LogP contribution in [-0.2, 0) is 14.4 Å². The summed E-state index contributed by atoms with van der Waals surface area (Å²) < 4.78 is 0. The van der Waals surface area contributed by atoms with Crippen molar-refractivity contribution in [3.05, 3.63) is 0 Å². The molecule has 0 saturated heterocycles. The van der Waals surface area contributed by atoms with Crippen LogP contribution in [0.2, 0.25) is 0 Å². The van der Waals surface area contributed by atoms with E-state index >= 15 is 0 Å². The summed E-state index contributed by atoms with van der Waals surface area (Å²) in [5.74, 6) is -3.73. The lowest BCUT2D eigenvalue weighted by molar-refractivity contribution is -0.143. The molecule has 1 unspecified atom stereocenters. The average Bonchev–Trinajstić information content (AvgIpc) is 2.26. The summed E-state index contributed by atoms with van der Waals surface area (Å²) in [5.41, 5.74) is 0. The standard InChI is InChI=1S/C11H19NO6/c1-3-6(2)9(11(17)18)12-7(10(15)16)4-5-8(13)14/h6-7,9,12H,3-5H2,1-2H3,(H,13,14)(H,15,16)(H,17,18)/t6-,7?,9-/m0/s1. The van der Waals surface area contributed by atoms with Gasteiger partial charge in [0, 0.05) is 6.42 Å². The van der Waals surface area contributed by atoms with Crippen LogP contribution >= 0.6 is 0 Å². The molecular formula is C11H19NO6. The number of carboxylic acid groups (broad SMARTS) is 3. The molecule has 3 atom stereocenters. The smallest absolute Gasteiger partial charge is 0.320 e. The van der Waals surface area contributed by atoms with Gasteiger partial charge in [0.25, 0.3) is 0 Å². The van der Waals surface area contributed by atoms with Gasteiger partial charge in [-0.1, -0.05) is 20.3 Å². The molecule has 0 aliphatic heterocycles. The lowest BCUT2D eigenvalue weighted by Crippen LogP contribution is -2.50. The Hall–Kier alpha value is -1.63. The lowest BCUT2D eigenvalue weighted by Gasteiger charge is -2.24. The summed E-state index contributed by atoms with van der Waals surface area (Å²) in [6.45, 7) is 3.50. The Balaban J connectivity index is 4.66. The van der Waals surface area contributed by atoms with Crippen LogP contribution in [0.25, 0.3) is 0 Å². The summed E-state index contributed by atoms with van der Waals surface area (Å²) in [6, 6.07) is -2.17. The van der Waals surface area contributed by atoms with Gasteiger partial charge in [-0.3, -0.25) is 19.7 Å². The van der Waals surface area contributed by atoms with Crippen molar-refractivity contribution >= 4 is 17.9 Å². The second-order valence-corrected chi connectivity index (χ2v) is 4.19. The number of carboxylic acids is 3. The third-order valence-electron chi connectivity index (χ3n) is 2.80. The molecule has 0 aromatic heterocycles. The van der Waals surface area contributed by atoms with Crippen LogP contribution in [0.1, 0.15) is 33.1 Å². The minimum atomic E-state index is -1.24. The SMILES string of the molecule is CC[C@H](C)[C@H](NC(CCC(=O)O)C(=O)O)C(=O)O. The number of hydrogen-bond acceptors (Lipinski definition) is 4. The van der Waals surface area contributed by atoms with Crippen molar-refractivity contribution in [2.45, 2.75) is 45.2 Å². The van der Waals surface area contributed by atoms with Gasteiger partial charge in [-0.15, -0.1) is 0 Å². The van der Waals surface area contributed by atoms with Crippen molar-refractivity contribution in [1.29, 1.82) is 0 Å². The second-order valence-electron chi connectivity index (χ2n) is 4.19. The molecule has 0 fully saturated rings. The van der Waals surface area contributed by atoms with Gasteiger partial charge in [0.05, 0.1) is 0 Å². The minimum absolute atomic E-state index is 0.148. The zero-order valence-electron chi connectivity index (χ0n) is 10.4. The van der Waals surface area contributed by atoms with Crippen molar-refractivity contribution in [3.8, 4) is 0 Å². The molecule has 18 heavy (non-hydrogen) atoms. The second kappa shape index (κ2) is 7.65. The Morgan fingerprint density at radius 3 is 2.00 bits per heavy atom. The molecule has 0 aromatic carbocycles. The van der Waals surface area contributed by atoms with Gasteiger partial charge < -0.3 is 15.3 Å². The summed E-state index contributed by atoms with van der Waals surface area (Å²) in [5, 5.41) is 28.9. The molecule has 0 aliphatic rings. The molecule has 0 bridgehead atoms. The number of hydrogen-bond donors (Lipinski definition) is 4. The molecule has 104 valence electrons. The van der Waals surface area contributed by atoms with Crippen LogP contribution in [0.5, 0.6) is 0 Å². The minimum Gasteiger partial charge on any atom is -0.481 e. The van der Waals surface area contributed by atoms with Crippen LogP contribution in [0.15, 0.2) is 0 Å². The molecule has 0 radical (unpaired) electrons. The maximum Gasteiger partial charge on any atom is 0.320 e. The Morgan fingerprint density at radius 1 is 1.11 bits per heavy atom. The first-order valence-electron chi connectivity index (χ1n) is 5.73. The molecule has 0 aromatic rings. The van der Waals surface area contributed by atoms with Crippen LogP contribution < -0.4 is 5.32 Å². The summed E-state index contributed by atoms with van der Waals surface area (Å²) in [4.78, 5) is 32.4. The van der Waals surface area contributed by atoms with E-state index < -0.39 is 30.0 Å². The molecule has 0 heterocycles. The third kappa shape index (κ3) is 5.62. The van der Waals surface area contributed by atoms with Crippen LogP contribution in [0.4, 0.5) is 0 Å². The summed E-state index contributed by atoms with van der Waals surface area (Å²) in [6.07, 6.45) is 0.108. The van der Waals surface area contributed by atoms with Crippen LogP contribution in [0.3, 0.4) is 0 Å². The molecule has 0 rings (SSSR count). The van der Waals surface area contributed by atoms with Crippen molar-refractivity contribution in [1.82, 2.24) is 5.32 Å². The van der Waals surface area contributed by atoms with Gasteiger partial charge in [0.15, 0.2) is 0 Å². The van der Waals surface area contributed by atoms with E-state index in [4.69, 9.17) is 15.3 Å². The molecule has 0 saturated carbocycles. The molecular weight excluding hydrogens is 242 g/mol. The summed E-state index contributed by atoms with van der Waals surface area (Å²) >= 11 is 0. The van der Waals surface area contributed by atoms with E-state index in [0.717, 1.165) is 0 Å². The van der Waals surface area contributed by atoms with Gasteiger partial charge >= 0.3 is 17.9 Å². The first kappa shape index (κ1) is 16.4. The van der Waals surface area contributed by atoms with E-state index in [2.05, 4.69) is 5.32 Å². The number of carbonyl (C=O) groups is 3. The molecule has 0 amide bonds. The maximum atomic E-state index is 11.0. The van der Waals surface area contributed by atoms with Gasteiger partial charge in [0.2, 0.25) is 0 Å². The molecule has 7 heteroatoms. The molecule has 0 spiro atoms. The maximum absolute atomic E-state index is 11.0. The lowest BCUT2D eigenvalue weighted by atomic mass is 9.97. The zero-order chi connectivity index (χ0) is 14.3. The number of rotatable bonds is 9. The number of nitrogens with one attached hydrogen (secondary N) is 1. The van der Waals surface area contributed by atoms with Crippen LogP contribution in [0, 0.1) is 5.92 Å². The molecule has 0 aliphatic carbocycles. The third-order valence-corrected chi connectivity index (χ3v) is 2.80. The average molecular weight is 261 g/mol. The Morgan fingerprint density at radius 2 is 1.67 bits per heavy atom. The first-order chi connectivity index (χ1) is 8.29. The van der Waals surface area contributed by atoms with E-state index in [-0.39, 0.29) is 18.8 Å². The predicted molar refractivity (Wildman–Crippen MR) is 62.3 cm³/mol. The molecule has 4 N–H and O–H groups in total. The topological polar surface area (TPSA) is 124 Å². The van der Waals surface area contributed by atoms with Crippen molar-refractivity contribution in [2.24, 2.45) is 5.92 Å². The first-order valence-corrected chi connectivity index (χ1v) is 5.73. The van der Waals surface area contributed by atoms with E-state index in [9.17, 15) is 14.4 Å². The highest BCUT2D eigenvalue weighted by Crippen LogP contribution is 2.10. The van der Waals surface area contributed by atoms with Gasteiger partial charge in [-0.05, 0) is 12.3 Å². The van der Waals surface area contributed by atoms with Crippen molar-refractivity contribution in [3.63, 3.8) is 0 Å². The fraction of sp³-hybridized carbons (Fsp3) is 0.727. The quantitative estimate of drug-likeness (QED) is 0.473. The highest BCUT2D eigenvalue weighted by atomic mass is 16.4. The van der Waals surface area contributed by atoms with Gasteiger partial charge in [-0.2, -0.15) is 0 Å². The van der Waals surface area contributed by atoms with Gasteiger partial charge in [0.1, 0.15) is 12.1 Å². The fourth-order valence-electron chi connectivity index (χ4n) is 1.48. The molecule has 7 nitrogen and oxygen atoms in total. The van der Waals surface area contributed by atoms with E-state index in [1.165, 1.54) is 0 Å². The number of aliphatic carboxylic acids is 3. The Kier molecular flexibility index (Phi) is 6.96. The Bertz CT molecular complexity index is 317. The van der Waals surface area contributed by atoms with Gasteiger partial charge in [-0.25, -0.2) is 0 Å². The largest absolute Gasteiger partial charge is 0.481 e. The van der Waals surface area contributed by atoms with E-state index in [0.29, 0.717) is 6.42 Å². The van der Waals surface area contributed by atoms with E-state index in [1.54, 1.807) is 13.8 Å². The fourth-order valence-corrected chi connectivity index (χ4v) is 1.48. The zero-order valence-corrected chi connectivity index (χ0v) is 10.4. The van der Waals surface area contributed by atoms with E-state index in [1.807, 2.05) is 0 Å².